The summed E-state index contributed by atoms with van der Waals surface area (Å²) in [6.07, 6.45) is 3.52. The molecular weight excluding hydrogens is 402 g/mol. The van der Waals surface area contributed by atoms with Gasteiger partial charge in [0.1, 0.15) is 5.82 Å². The molecular formula is C24H25N7O. The maximum atomic E-state index is 12.0. The quantitative estimate of drug-likeness (QED) is 0.453. The minimum atomic E-state index is -0.463. The summed E-state index contributed by atoms with van der Waals surface area (Å²) in [7, 11) is 0. The van der Waals surface area contributed by atoms with Crippen LogP contribution in [0.4, 0.5) is 17.3 Å². The maximum Gasteiger partial charge on any atom is 0.250 e. The first-order valence-electron chi connectivity index (χ1n) is 10.7. The van der Waals surface area contributed by atoms with Gasteiger partial charge in [0.15, 0.2) is 0 Å². The summed E-state index contributed by atoms with van der Waals surface area (Å²) in [5, 5.41) is 7.47. The highest BCUT2D eigenvalue weighted by atomic mass is 16.1. The SMILES string of the molecule is Cc1cnc(Nc2ccc(N3CCNCC3)cc2)nc1-n1cc(C(N)=O)c2ccccc21. The van der Waals surface area contributed by atoms with Gasteiger partial charge in [0.05, 0.1) is 11.1 Å². The van der Waals surface area contributed by atoms with E-state index in [1.54, 1.807) is 12.4 Å². The first kappa shape index (κ1) is 20.0. The van der Waals surface area contributed by atoms with Crippen molar-refractivity contribution in [2.45, 2.75) is 6.92 Å². The number of primary amides is 1. The number of hydrogen-bond donors (Lipinski definition) is 3. The van der Waals surface area contributed by atoms with E-state index in [9.17, 15) is 4.79 Å². The van der Waals surface area contributed by atoms with Crippen molar-refractivity contribution in [3.05, 3.63) is 72.1 Å². The van der Waals surface area contributed by atoms with E-state index in [1.165, 1.54) is 5.69 Å². The summed E-state index contributed by atoms with van der Waals surface area (Å²) < 4.78 is 1.89. The van der Waals surface area contributed by atoms with Crippen molar-refractivity contribution < 1.29 is 4.79 Å². The molecule has 8 nitrogen and oxygen atoms in total. The van der Waals surface area contributed by atoms with Gasteiger partial charge in [-0.05, 0) is 37.3 Å². The molecule has 3 heterocycles. The van der Waals surface area contributed by atoms with Crippen LogP contribution in [-0.4, -0.2) is 46.6 Å². The lowest BCUT2D eigenvalue weighted by atomic mass is 10.2. The Kier molecular flexibility index (Phi) is 5.20. The third-order valence-corrected chi connectivity index (χ3v) is 5.76. The highest BCUT2D eigenvalue weighted by Gasteiger charge is 2.16. The molecule has 5 rings (SSSR count). The summed E-state index contributed by atoms with van der Waals surface area (Å²) in [4.78, 5) is 23.5. The van der Waals surface area contributed by atoms with E-state index in [0.717, 1.165) is 48.3 Å². The summed E-state index contributed by atoms with van der Waals surface area (Å²) in [5.74, 6) is 0.720. The standard InChI is InChI=1S/C24H25N7O/c1-16-14-27-24(28-17-6-8-18(9-7-17)30-12-10-26-11-13-30)29-23(16)31-15-20(22(25)32)19-4-2-3-5-21(19)31/h2-9,14-15,26H,10-13H2,1H3,(H2,25,32)(H,27,28,29). The van der Waals surface area contributed by atoms with Gasteiger partial charge in [-0.3, -0.25) is 4.79 Å². The molecule has 0 radical (unpaired) electrons. The van der Waals surface area contributed by atoms with Crippen LogP contribution in [0.5, 0.6) is 0 Å². The Morgan fingerprint density at radius 3 is 2.59 bits per heavy atom. The molecule has 2 aromatic carbocycles. The van der Waals surface area contributed by atoms with Gasteiger partial charge in [-0.1, -0.05) is 18.2 Å². The Labute approximate surface area is 186 Å². The molecule has 4 N–H and O–H groups in total. The van der Waals surface area contributed by atoms with E-state index in [-0.39, 0.29) is 0 Å². The molecule has 0 saturated carbocycles. The number of hydrogen-bond acceptors (Lipinski definition) is 6. The predicted molar refractivity (Wildman–Crippen MR) is 127 cm³/mol. The van der Waals surface area contributed by atoms with Crippen molar-refractivity contribution in [2.24, 2.45) is 5.73 Å². The van der Waals surface area contributed by atoms with Gasteiger partial charge in [-0.2, -0.15) is 4.98 Å². The lowest BCUT2D eigenvalue weighted by molar-refractivity contribution is 0.100. The van der Waals surface area contributed by atoms with E-state index in [2.05, 4.69) is 32.7 Å². The highest BCUT2D eigenvalue weighted by Crippen LogP contribution is 2.26. The number of fused-ring (bicyclic) bond motifs is 1. The van der Waals surface area contributed by atoms with Crippen LogP contribution < -0.4 is 21.3 Å². The van der Waals surface area contributed by atoms with E-state index in [0.29, 0.717) is 17.3 Å². The number of nitrogens with zero attached hydrogens (tertiary/aromatic N) is 4. The number of para-hydroxylation sites is 1. The first-order valence-corrected chi connectivity index (χ1v) is 10.7. The fourth-order valence-electron chi connectivity index (χ4n) is 4.10. The second-order valence-corrected chi connectivity index (χ2v) is 7.90. The van der Waals surface area contributed by atoms with Crippen LogP contribution in [0.25, 0.3) is 16.7 Å². The molecule has 2 aromatic heterocycles. The molecule has 0 atom stereocenters. The molecule has 1 aliphatic heterocycles. The number of rotatable bonds is 5. The van der Waals surface area contributed by atoms with Crippen LogP contribution in [0.3, 0.4) is 0 Å². The lowest BCUT2D eigenvalue weighted by Gasteiger charge is -2.29. The largest absolute Gasteiger partial charge is 0.369 e. The summed E-state index contributed by atoms with van der Waals surface area (Å²) in [5.41, 5.74) is 9.95. The van der Waals surface area contributed by atoms with E-state index >= 15 is 0 Å². The van der Waals surface area contributed by atoms with Crippen LogP contribution in [0, 0.1) is 6.92 Å². The van der Waals surface area contributed by atoms with Crippen LogP contribution in [0.1, 0.15) is 15.9 Å². The van der Waals surface area contributed by atoms with Gasteiger partial charge in [0, 0.05) is 60.9 Å². The van der Waals surface area contributed by atoms with Crippen molar-refractivity contribution in [1.82, 2.24) is 19.9 Å². The van der Waals surface area contributed by atoms with Crippen molar-refractivity contribution in [3.63, 3.8) is 0 Å². The molecule has 0 aliphatic carbocycles. The Bertz CT molecular complexity index is 1270. The number of carbonyl (C=O) groups is 1. The van der Waals surface area contributed by atoms with Crippen LogP contribution in [0.15, 0.2) is 60.9 Å². The number of aryl methyl sites for hydroxylation is 1. The third-order valence-electron chi connectivity index (χ3n) is 5.76. The van der Waals surface area contributed by atoms with Gasteiger partial charge in [-0.25, -0.2) is 4.98 Å². The third kappa shape index (κ3) is 3.76. The van der Waals surface area contributed by atoms with Gasteiger partial charge in [0.25, 0.3) is 5.91 Å². The molecule has 1 aliphatic rings. The Morgan fingerprint density at radius 1 is 1.09 bits per heavy atom. The van der Waals surface area contributed by atoms with Crippen molar-refractivity contribution in [1.29, 1.82) is 0 Å². The molecule has 1 fully saturated rings. The number of anilines is 3. The minimum Gasteiger partial charge on any atom is -0.369 e. The van der Waals surface area contributed by atoms with Crippen molar-refractivity contribution in [2.75, 3.05) is 36.4 Å². The Balaban J connectivity index is 1.45. The fourth-order valence-corrected chi connectivity index (χ4v) is 4.10. The average molecular weight is 428 g/mol. The molecule has 0 unspecified atom stereocenters. The maximum absolute atomic E-state index is 12.0. The number of nitrogens with one attached hydrogen (secondary N) is 2. The summed E-state index contributed by atoms with van der Waals surface area (Å²) in [6, 6.07) is 16.0. The van der Waals surface area contributed by atoms with Gasteiger partial charge in [-0.15, -0.1) is 0 Å². The van der Waals surface area contributed by atoms with Gasteiger partial charge in [0.2, 0.25) is 5.95 Å². The molecule has 4 aromatic rings. The molecule has 32 heavy (non-hydrogen) atoms. The minimum absolute atomic E-state index is 0.463. The highest BCUT2D eigenvalue weighted by molar-refractivity contribution is 6.06. The molecule has 1 amide bonds. The summed E-state index contributed by atoms with van der Waals surface area (Å²) in [6.45, 7) is 5.97. The normalized spacial score (nSPS) is 14.0. The van der Waals surface area contributed by atoms with E-state index in [4.69, 9.17) is 10.7 Å². The van der Waals surface area contributed by atoms with Crippen molar-refractivity contribution in [3.8, 4) is 5.82 Å². The zero-order chi connectivity index (χ0) is 22.1. The molecule has 0 bridgehead atoms. The van der Waals surface area contributed by atoms with Gasteiger partial charge < -0.3 is 25.8 Å². The molecule has 162 valence electrons. The fraction of sp³-hybridized carbons (Fsp3) is 0.208. The monoisotopic (exact) mass is 427 g/mol. The van der Waals surface area contributed by atoms with Crippen LogP contribution >= 0.6 is 0 Å². The second kappa shape index (κ2) is 8.32. The Hall–Kier alpha value is -3.91. The van der Waals surface area contributed by atoms with Crippen molar-refractivity contribution >= 4 is 34.1 Å². The number of aromatic nitrogens is 3. The van der Waals surface area contributed by atoms with Crippen LogP contribution in [0.2, 0.25) is 0 Å². The smallest absolute Gasteiger partial charge is 0.250 e. The number of carbonyl (C=O) groups excluding carboxylic acids is 1. The number of piperazine rings is 1. The number of benzene rings is 2. The summed E-state index contributed by atoms with van der Waals surface area (Å²) >= 11 is 0. The van der Waals surface area contributed by atoms with Gasteiger partial charge >= 0.3 is 0 Å². The van der Waals surface area contributed by atoms with Crippen LogP contribution in [-0.2, 0) is 0 Å². The Morgan fingerprint density at radius 2 is 1.84 bits per heavy atom. The lowest BCUT2D eigenvalue weighted by Crippen LogP contribution is -2.43. The average Bonchev–Trinajstić information content (AvgIpc) is 3.21. The molecule has 0 spiro atoms. The van der Waals surface area contributed by atoms with E-state index in [1.807, 2.05) is 47.9 Å². The predicted octanol–water partition coefficient (Wildman–Crippen LogP) is 2.98. The molecule has 1 saturated heterocycles. The number of amides is 1. The zero-order valence-corrected chi connectivity index (χ0v) is 17.9. The number of nitrogens with two attached hydrogens (primary N) is 1. The first-order chi connectivity index (χ1) is 15.6. The zero-order valence-electron chi connectivity index (χ0n) is 17.9. The van der Waals surface area contributed by atoms with E-state index < -0.39 is 5.91 Å². The topological polar surface area (TPSA) is 101 Å². The molecule has 8 heteroatoms. The second-order valence-electron chi connectivity index (χ2n) is 7.90.